The number of carboxylic acids is 1. The summed E-state index contributed by atoms with van der Waals surface area (Å²) in [6.45, 7) is 0.901. The molecule has 0 unspecified atom stereocenters. The first kappa shape index (κ1) is 15.3. The minimum atomic E-state index is -0.813. The van der Waals surface area contributed by atoms with Crippen LogP contribution < -0.4 is 10.6 Å². The Bertz CT molecular complexity index is 420. The molecule has 0 heterocycles. The topological polar surface area (TPSA) is 78.4 Å². The standard InChI is InChI=1S/C13H17ClN2O3/c14-11-6-4-10(5-7-11)9-16-13(19)15-8-2-1-3-12(17)18/h4-7H,1-3,8-9H2,(H,17,18)(H2,15,16,19). The van der Waals surface area contributed by atoms with Crippen molar-refractivity contribution in [1.82, 2.24) is 10.6 Å². The average Bonchev–Trinajstić information content (AvgIpc) is 2.37. The summed E-state index contributed by atoms with van der Waals surface area (Å²) in [7, 11) is 0. The van der Waals surface area contributed by atoms with Crippen molar-refractivity contribution >= 4 is 23.6 Å². The lowest BCUT2D eigenvalue weighted by Gasteiger charge is -2.07. The number of carboxylic acid groups (broad SMARTS) is 1. The molecule has 0 aliphatic heterocycles. The van der Waals surface area contributed by atoms with Crippen LogP contribution in [0.4, 0.5) is 4.79 Å². The van der Waals surface area contributed by atoms with Crippen LogP contribution in [-0.4, -0.2) is 23.7 Å². The molecule has 0 aliphatic carbocycles. The summed E-state index contributed by atoms with van der Waals surface area (Å²) in [6.07, 6.45) is 1.35. The van der Waals surface area contributed by atoms with Crippen LogP contribution in [0.25, 0.3) is 0 Å². The molecule has 3 N–H and O–H groups in total. The maximum absolute atomic E-state index is 11.4. The van der Waals surface area contributed by atoms with Crippen LogP contribution in [0, 0.1) is 0 Å². The minimum absolute atomic E-state index is 0.133. The van der Waals surface area contributed by atoms with Crippen molar-refractivity contribution in [3.05, 3.63) is 34.9 Å². The Balaban J connectivity index is 2.11. The lowest BCUT2D eigenvalue weighted by atomic mass is 10.2. The molecule has 19 heavy (non-hydrogen) atoms. The summed E-state index contributed by atoms with van der Waals surface area (Å²) in [5, 5.41) is 14.5. The number of benzene rings is 1. The van der Waals surface area contributed by atoms with Gasteiger partial charge in [0.15, 0.2) is 0 Å². The van der Waals surface area contributed by atoms with Crippen LogP contribution in [0.2, 0.25) is 5.02 Å². The normalized spacial score (nSPS) is 9.95. The van der Waals surface area contributed by atoms with Crippen LogP contribution in [0.15, 0.2) is 24.3 Å². The average molecular weight is 285 g/mol. The molecule has 0 saturated carbocycles. The second kappa shape index (κ2) is 8.37. The molecule has 0 atom stereocenters. The van der Waals surface area contributed by atoms with Gasteiger partial charge in [0, 0.05) is 24.5 Å². The number of halogens is 1. The van der Waals surface area contributed by atoms with Crippen molar-refractivity contribution < 1.29 is 14.7 Å². The van der Waals surface area contributed by atoms with Gasteiger partial charge in [-0.25, -0.2) is 4.79 Å². The zero-order chi connectivity index (χ0) is 14.1. The molecule has 1 aromatic rings. The molecule has 0 saturated heterocycles. The van der Waals surface area contributed by atoms with E-state index in [1.807, 2.05) is 12.1 Å². The van der Waals surface area contributed by atoms with E-state index in [1.165, 1.54) is 0 Å². The number of carbonyl (C=O) groups excluding carboxylic acids is 1. The zero-order valence-corrected chi connectivity index (χ0v) is 11.2. The summed E-state index contributed by atoms with van der Waals surface area (Å²) >= 11 is 5.75. The van der Waals surface area contributed by atoms with E-state index in [1.54, 1.807) is 12.1 Å². The summed E-state index contributed by atoms with van der Waals surface area (Å²) < 4.78 is 0. The van der Waals surface area contributed by atoms with Crippen molar-refractivity contribution in [3.8, 4) is 0 Å². The predicted octanol–water partition coefficient (Wildman–Crippen LogP) is 2.39. The highest BCUT2D eigenvalue weighted by atomic mass is 35.5. The fourth-order valence-electron chi connectivity index (χ4n) is 1.45. The Morgan fingerprint density at radius 3 is 2.42 bits per heavy atom. The molecule has 1 rings (SSSR count). The fraction of sp³-hybridized carbons (Fsp3) is 0.385. The number of hydrogen-bond acceptors (Lipinski definition) is 2. The van der Waals surface area contributed by atoms with Crippen LogP contribution >= 0.6 is 11.6 Å². The van der Waals surface area contributed by atoms with Gasteiger partial charge in [-0.1, -0.05) is 23.7 Å². The van der Waals surface area contributed by atoms with Gasteiger partial charge in [-0.2, -0.15) is 0 Å². The number of urea groups is 1. The van der Waals surface area contributed by atoms with Crippen molar-refractivity contribution in [3.63, 3.8) is 0 Å². The molecular formula is C13H17ClN2O3. The first-order valence-corrected chi connectivity index (χ1v) is 6.43. The molecule has 6 heteroatoms. The Labute approximate surface area is 117 Å². The monoisotopic (exact) mass is 284 g/mol. The number of unbranched alkanes of at least 4 members (excludes halogenated alkanes) is 1. The SMILES string of the molecule is O=C(O)CCCCNC(=O)NCc1ccc(Cl)cc1. The second-order valence-electron chi connectivity index (χ2n) is 4.09. The molecule has 1 aromatic carbocycles. The summed E-state index contributed by atoms with van der Waals surface area (Å²) in [4.78, 5) is 21.7. The summed E-state index contributed by atoms with van der Waals surface area (Å²) in [5.74, 6) is -0.813. The summed E-state index contributed by atoms with van der Waals surface area (Å²) in [5.41, 5.74) is 0.963. The second-order valence-corrected chi connectivity index (χ2v) is 4.52. The van der Waals surface area contributed by atoms with Gasteiger partial charge < -0.3 is 15.7 Å². The highest BCUT2D eigenvalue weighted by Gasteiger charge is 2.01. The van der Waals surface area contributed by atoms with Gasteiger partial charge in [0.1, 0.15) is 0 Å². The van der Waals surface area contributed by atoms with E-state index in [9.17, 15) is 9.59 Å². The lowest BCUT2D eigenvalue weighted by Crippen LogP contribution is -2.35. The van der Waals surface area contributed by atoms with E-state index in [2.05, 4.69) is 10.6 Å². The zero-order valence-electron chi connectivity index (χ0n) is 10.5. The first-order chi connectivity index (χ1) is 9.08. The van der Waals surface area contributed by atoms with Crippen LogP contribution in [-0.2, 0) is 11.3 Å². The molecule has 104 valence electrons. The number of rotatable bonds is 7. The number of aliphatic carboxylic acids is 1. The minimum Gasteiger partial charge on any atom is -0.481 e. The molecule has 0 fully saturated rings. The highest BCUT2D eigenvalue weighted by molar-refractivity contribution is 6.30. The lowest BCUT2D eigenvalue weighted by molar-refractivity contribution is -0.137. The Morgan fingerprint density at radius 1 is 1.11 bits per heavy atom. The van der Waals surface area contributed by atoms with E-state index in [-0.39, 0.29) is 12.5 Å². The quantitative estimate of drug-likeness (QED) is 0.673. The van der Waals surface area contributed by atoms with E-state index in [0.717, 1.165) is 5.56 Å². The predicted molar refractivity (Wildman–Crippen MR) is 73.2 cm³/mol. The Kier molecular flexibility index (Phi) is 6.74. The molecule has 0 radical (unpaired) electrons. The largest absolute Gasteiger partial charge is 0.481 e. The van der Waals surface area contributed by atoms with Crippen LogP contribution in [0.3, 0.4) is 0 Å². The third kappa shape index (κ3) is 7.31. The third-order valence-corrected chi connectivity index (χ3v) is 2.72. The van der Waals surface area contributed by atoms with Gasteiger partial charge in [0.2, 0.25) is 0 Å². The molecule has 0 aromatic heterocycles. The smallest absolute Gasteiger partial charge is 0.315 e. The molecule has 0 spiro atoms. The van der Waals surface area contributed by atoms with Gasteiger partial charge in [0.05, 0.1) is 0 Å². The maximum Gasteiger partial charge on any atom is 0.315 e. The molecule has 2 amide bonds. The van der Waals surface area contributed by atoms with Crippen LogP contribution in [0.1, 0.15) is 24.8 Å². The fourth-order valence-corrected chi connectivity index (χ4v) is 1.58. The highest BCUT2D eigenvalue weighted by Crippen LogP contribution is 2.08. The summed E-state index contributed by atoms with van der Waals surface area (Å²) in [6, 6.07) is 6.96. The maximum atomic E-state index is 11.4. The van der Waals surface area contributed by atoms with E-state index in [4.69, 9.17) is 16.7 Å². The third-order valence-electron chi connectivity index (χ3n) is 2.47. The van der Waals surface area contributed by atoms with Gasteiger partial charge >= 0.3 is 12.0 Å². The number of nitrogens with one attached hydrogen (secondary N) is 2. The van der Waals surface area contributed by atoms with Gasteiger partial charge in [0.25, 0.3) is 0 Å². The van der Waals surface area contributed by atoms with Crippen molar-refractivity contribution in [2.45, 2.75) is 25.8 Å². The number of amides is 2. The van der Waals surface area contributed by atoms with Crippen LogP contribution in [0.5, 0.6) is 0 Å². The van der Waals surface area contributed by atoms with Gasteiger partial charge in [-0.3, -0.25) is 4.79 Å². The van der Waals surface area contributed by atoms with Gasteiger partial charge in [-0.05, 0) is 30.5 Å². The molecule has 5 nitrogen and oxygen atoms in total. The molecular weight excluding hydrogens is 268 g/mol. The Morgan fingerprint density at radius 2 is 1.79 bits per heavy atom. The molecule has 0 aliphatic rings. The molecule has 0 bridgehead atoms. The van der Waals surface area contributed by atoms with Crippen molar-refractivity contribution in [1.29, 1.82) is 0 Å². The van der Waals surface area contributed by atoms with E-state index >= 15 is 0 Å². The number of carbonyl (C=O) groups is 2. The van der Waals surface area contributed by atoms with Crippen molar-refractivity contribution in [2.75, 3.05) is 6.54 Å². The number of hydrogen-bond donors (Lipinski definition) is 3. The Hall–Kier alpha value is -1.75. The van der Waals surface area contributed by atoms with E-state index < -0.39 is 5.97 Å². The van der Waals surface area contributed by atoms with Gasteiger partial charge in [-0.15, -0.1) is 0 Å². The van der Waals surface area contributed by atoms with Crippen molar-refractivity contribution in [2.24, 2.45) is 0 Å². The van der Waals surface area contributed by atoms with E-state index in [0.29, 0.717) is 31.0 Å². The first-order valence-electron chi connectivity index (χ1n) is 6.06.